The number of hydrogen-bond donors (Lipinski definition) is 2. The zero-order valence-electron chi connectivity index (χ0n) is 16.3. The van der Waals surface area contributed by atoms with Crippen LogP contribution in [0.25, 0.3) is 11.1 Å². The lowest BCUT2D eigenvalue weighted by Gasteiger charge is -2.37. The van der Waals surface area contributed by atoms with Gasteiger partial charge in [0, 0.05) is 23.9 Å². The highest BCUT2D eigenvalue weighted by atomic mass is 16.2. The lowest BCUT2D eigenvalue weighted by Crippen LogP contribution is -2.43. The summed E-state index contributed by atoms with van der Waals surface area (Å²) in [6, 6.07) is 6.82. The second kappa shape index (κ2) is 8.35. The Morgan fingerprint density at radius 1 is 1.21 bits per heavy atom. The summed E-state index contributed by atoms with van der Waals surface area (Å²) in [5.74, 6) is -0.229. The van der Waals surface area contributed by atoms with Crippen LogP contribution in [0.2, 0.25) is 0 Å². The fraction of sp³-hybridized carbons (Fsp3) is 0.400. The van der Waals surface area contributed by atoms with Crippen molar-refractivity contribution >= 4 is 17.8 Å². The second-order valence-electron chi connectivity index (χ2n) is 7.31. The highest BCUT2D eigenvalue weighted by Crippen LogP contribution is 2.36. The average Bonchev–Trinajstić information content (AvgIpc) is 2.67. The van der Waals surface area contributed by atoms with Crippen molar-refractivity contribution in [3.63, 3.8) is 0 Å². The molecule has 1 atom stereocenters. The molecule has 0 saturated carbocycles. The van der Waals surface area contributed by atoms with Crippen molar-refractivity contribution in [2.24, 2.45) is 5.73 Å². The number of piperidine rings is 1. The first kappa shape index (κ1) is 19.8. The summed E-state index contributed by atoms with van der Waals surface area (Å²) < 4.78 is 0. The Morgan fingerprint density at radius 2 is 1.93 bits per heavy atom. The van der Waals surface area contributed by atoms with Crippen LogP contribution in [0.4, 0.5) is 5.95 Å². The van der Waals surface area contributed by atoms with Crippen molar-refractivity contribution in [2.75, 3.05) is 32.9 Å². The van der Waals surface area contributed by atoms with E-state index in [1.54, 1.807) is 18.3 Å². The van der Waals surface area contributed by atoms with Crippen LogP contribution in [-0.4, -0.2) is 58.8 Å². The van der Waals surface area contributed by atoms with Gasteiger partial charge in [-0.05, 0) is 51.1 Å². The number of benzene rings is 1. The molecule has 0 radical (unpaired) electrons. The van der Waals surface area contributed by atoms with E-state index in [9.17, 15) is 9.59 Å². The zero-order valence-corrected chi connectivity index (χ0v) is 16.3. The van der Waals surface area contributed by atoms with E-state index in [-0.39, 0.29) is 17.9 Å². The van der Waals surface area contributed by atoms with Crippen LogP contribution < -0.4 is 11.5 Å². The molecule has 1 fully saturated rings. The molecule has 1 aromatic heterocycles. The van der Waals surface area contributed by atoms with Crippen molar-refractivity contribution in [1.82, 2.24) is 19.8 Å². The van der Waals surface area contributed by atoms with Crippen molar-refractivity contribution in [3.05, 3.63) is 41.7 Å². The third kappa shape index (κ3) is 4.28. The molecule has 1 aliphatic rings. The molecular weight excluding hydrogens is 356 g/mol. The Balaban J connectivity index is 2.01. The molecule has 3 rings (SSSR count). The monoisotopic (exact) mass is 382 g/mol. The molecular formula is C20H26N6O2. The van der Waals surface area contributed by atoms with Crippen LogP contribution in [0.5, 0.6) is 0 Å². The van der Waals surface area contributed by atoms with Gasteiger partial charge in [-0.2, -0.15) is 0 Å². The number of anilines is 1. The van der Waals surface area contributed by atoms with Gasteiger partial charge in [0.1, 0.15) is 0 Å². The van der Waals surface area contributed by atoms with E-state index in [1.165, 1.54) is 0 Å². The van der Waals surface area contributed by atoms with Gasteiger partial charge in [-0.15, -0.1) is 0 Å². The third-order valence-electron chi connectivity index (χ3n) is 4.91. The van der Waals surface area contributed by atoms with Crippen LogP contribution in [0, 0.1) is 0 Å². The van der Waals surface area contributed by atoms with Gasteiger partial charge < -0.3 is 21.3 Å². The van der Waals surface area contributed by atoms with Gasteiger partial charge in [0.2, 0.25) is 17.8 Å². The highest BCUT2D eigenvalue weighted by Gasteiger charge is 2.31. The Kier molecular flexibility index (Phi) is 5.89. The minimum atomic E-state index is -0.479. The largest absolute Gasteiger partial charge is 0.368 e. The number of nitrogens with zero attached hydrogens (tertiary/aromatic N) is 4. The number of nitrogen functional groups attached to an aromatic ring is 1. The van der Waals surface area contributed by atoms with E-state index in [2.05, 4.69) is 9.97 Å². The molecule has 148 valence electrons. The SMILES string of the molecule is CN(C)CC(=O)N1CCCCC1c1nc(N)ncc1-c1ccc(C(N)=O)cc1. The first-order valence-electron chi connectivity index (χ1n) is 9.33. The molecule has 4 N–H and O–H groups in total. The highest BCUT2D eigenvalue weighted by molar-refractivity contribution is 5.93. The Bertz CT molecular complexity index is 865. The first-order chi connectivity index (χ1) is 13.4. The number of aromatic nitrogens is 2. The van der Waals surface area contributed by atoms with Crippen LogP contribution in [0.3, 0.4) is 0 Å². The maximum Gasteiger partial charge on any atom is 0.248 e. The predicted octanol–water partition coefficient (Wildman–Crippen LogP) is 1.44. The van der Waals surface area contributed by atoms with Gasteiger partial charge >= 0.3 is 0 Å². The van der Waals surface area contributed by atoms with E-state index in [0.29, 0.717) is 18.7 Å². The molecule has 2 heterocycles. The standard InChI is InChI=1S/C20H26N6O2/c1-25(2)12-17(27)26-10-4-3-5-16(26)18-15(11-23-20(22)24-18)13-6-8-14(9-7-13)19(21)28/h6-9,11,16H,3-5,10,12H2,1-2H3,(H2,21,28)(H2,22,23,24). The molecule has 0 aliphatic carbocycles. The smallest absolute Gasteiger partial charge is 0.248 e. The van der Waals surface area contributed by atoms with Crippen molar-refractivity contribution in [1.29, 1.82) is 0 Å². The number of likely N-dealkylation sites (N-methyl/N-ethyl adjacent to an activating group) is 1. The second-order valence-corrected chi connectivity index (χ2v) is 7.31. The molecule has 2 aromatic rings. The Labute approximate surface area is 164 Å². The maximum absolute atomic E-state index is 12.8. The van der Waals surface area contributed by atoms with E-state index in [4.69, 9.17) is 11.5 Å². The van der Waals surface area contributed by atoms with Crippen molar-refractivity contribution in [2.45, 2.75) is 25.3 Å². The topological polar surface area (TPSA) is 118 Å². The number of rotatable bonds is 5. The number of carbonyl (C=O) groups excluding carboxylic acids is 2. The van der Waals surface area contributed by atoms with Gasteiger partial charge in [0.25, 0.3) is 0 Å². The van der Waals surface area contributed by atoms with E-state index in [1.807, 2.05) is 36.0 Å². The number of likely N-dealkylation sites (tertiary alicyclic amines) is 1. The molecule has 8 nitrogen and oxygen atoms in total. The van der Waals surface area contributed by atoms with Crippen LogP contribution >= 0.6 is 0 Å². The molecule has 28 heavy (non-hydrogen) atoms. The molecule has 1 saturated heterocycles. The van der Waals surface area contributed by atoms with Gasteiger partial charge in [0.05, 0.1) is 18.3 Å². The molecule has 1 unspecified atom stereocenters. The Morgan fingerprint density at radius 3 is 2.57 bits per heavy atom. The molecule has 8 heteroatoms. The number of carbonyl (C=O) groups is 2. The first-order valence-corrected chi connectivity index (χ1v) is 9.33. The van der Waals surface area contributed by atoms with Crippen molar-refractivity contribution in [3.8, 4) is 11.1 Å². The number of nitrogens with two attached hydrogens (primary N) is 2. The lowest BCUT2D eigenvalue weighted by molar-refractivity contribution is -0.135. The van der Waals surface area contributed by atoms with Gasteiger partial charge in [-0.1, -0.05) is 12.1 Å². The zero-order chi connectivity index (χ0) is 20.3. The molecule has 1 aliphatic heterocycles. The summed E-state index contributed by atoms with van der Waals surface area (Å²) in [6.07, 6.45) is 4.49. The summed E-state index contributed by atoms with van der Waals surface area (Å²) in [5, 5.41) is 0. The third-order valence-corrected chi connectivity index (χ3v) is 4.91. The summed E-state index contributed by atoms with van der Waals surface area (Å²) in [5.41, 5.74) is 14.0. The van der Waals surface area contributed by atoms with Gasteiger partial charge in [0.15, 0.2) is 0 Å². The van der Waals surface area contributed by atoms with Gasteiger partial charge in [-0.3, -0.25) is 9.59 Å². The molecule has 2 amide bonds. The van der Waals surface area contributed by atoms with E-state index >= 15 is 0 Å². The van der Waals surface area contributed by atoms with Crippen molar-refractivity contribution < 1.29 is 9.59 Å². The minimum absolute atomic E-state index is 0.0712. The van der Waals surface area contributed by atoms with E-state index in [0.717, 1.165) is 36.1 Å². The number of primary amides is 1. The summed E-state index contributed by atoms with van der Waals surface area (Å²) >= 11 is 0. The summed E-state index contributed by atoms with van der Waals surface area (Å²) in [6.45, 7) is 1.04. The Hall–Kier alpha value is -3.00. The molecule has 0 bridgehead atoms. The van der Waals surface area contributed by atoms with Gasteiger partial charge in [-0.25, -0.2) is 9.97 Å². The summed E-state index contributed by atoms with van der Waals surface area (Å²) in [7, 11) is 3.76. The number of hydrogen-bond acceptors (Lipinski definition) is 6. The fourth-order valence-electron chi connectivity index (χ4n) is 3.58. The van der Waals surface area contributed by atoms with Crippen LogP contribution in [-0.2, 0) is 4.79 Å². The fourth-order valence-corrected chi connectivity index (χ4v) is 3.58. The molecule has 1 aromatic carbocycles. The average molecular weight is 382 g/mol. The van der Waals surface area contributed by atoms with Crippen LogP contribution in [0.1, 0.15) is 41.4 Å². The minimum Gasteiger partial charge on any atom is -0.368 e. The normalized spacial score (nSPS) is 17.0. The lowest BCUT2D eigenvalue weighted by atomic mass is 9.93. The van der Waals surface area contributed by atoms with E-state index < -0.39 is 5.91 Å². The number of amides is 2. The predicted molar refractivity (Wildman–Crippen MR) is 107 cm³/mol. The molecule has 0 spiro atoms. The maximum atomic E-state index is 12.8. The summed E-state index contributed by atoms with van der Waals surface area (Å²) in [4.78, 5) is 36.6. The quantitative estimate of drug-likeness (QED) is 0.808. The van der Waals surface area contributed by atoms with Crippen LogP contribution in [0.15, 0.2) is 30.5 Å².